The topological polar surface area (TPSA) is 95.5 Å². The maximum Gasteiger partial charge on any atom is 0.274 e. The molecule has 8 nitrogen and oxygen atoms in total. The Kier molecular flexibility index (Phi) is 5.40. The van der Waals surface area contributed by atoms with Crippen LogP contribution in [0.25, 0.3) is 0 Å². The van der Waals surface area contributed by atoms with Crippen LogP contribution in [0.3, 0.4) is 0 Å². The highest BCUT2D eigenvalue weighted by molar-refractivity contribution is 5.92. The predicted molar refractivity (Wildman–Crippen MR) is 113 cm³/mol. The summed E-state index contributed by atoms with van der Waals surface area (Å²) in [6.07, 6.45) is 12.7. The minimum atomic E-state index is -0.163. The maximum atomic E-state index is 12.7. The predicted octanol–water partition coefficient (Wildman–Crippen LogP) is 1.48. The van der Waals surface area contributed by atoms with Gasteiger partial charge in [-0.15, -0.1) is 0 Å². The molecule has 1 aliphatic heterocycles. The van der Waals surface area contributed by atoms with Crippen molar-refractivity contribution >= 4 is 17.7 Å². The SMILES string of the molecule is O=C(CC12CC3CC(CC(C3)C1)C2)NCC(=O)N1CCN(C(=O)c2cnccn2)CC1. The summed E-state index contributed by atoms with van der Waals surface area (Å²) in [5.74, 6) is 2.24. The zero-order chi connectivity index (χ0) is 21.4. The van der Waals surface area contributed by atoms with Gasteiger partial charge in [-0.05, 0) is 61.7 Å². The number of hydrogen-bond acceptors (Lipinski definition) is 5. The van der Waals surface area contributed by atoms with Gasteiger partial charge in [-0.1, -0.05) is 0 Å². The van der Waals surface area contributed by atoms with Crippen molar-refractivity contribution in [2.75, 3.05) is 32.7 Å². The molecule has 166 valence electrons. The third-order valence-electron chi connectivity index (χ3n) is 7.84. The lowest BCUT2D eigenvalue weighted by atomic mass is 9.49. The van der Waals surface area contributed by atoms with E-state index in [1.807, 2.05) is 0 Å². The van der Waals surface area contributed by atoms with Gasteiger partial charge in [0.2, 0.25) is 11.8 Å². The van der Waals surface area contributed by atoms with E-state index in [0.29, 0.717) is 38.3 Å². The lowest BCUT2D eigenvalue weighted by molar-refractivity contribution is -0.136. The van der Waals surface area contributed by atoms with Crippen LogP contribution < -0.4 is 5.32 Å². The summed E-state index contributed by atoms with van der Waals surface area (Å²) in [4.78, 5) is 49.1. The molecule has 5 aliphatic rings. The standard InChI is InChI=1S/C23H31N5O3/c29-20(13-23-10-16-7-17(11-23)9-18(8-16)12-23)26-15-21(30)27-3-5-28(6-4-27)22(31)19-14-24-1-2-25-19/h1-2,14,16-18H,3-13,15H2,(H,26,29). The lowest BCUT2D eigenvalue weighted by Crippen LogP contribution is -2.53. The monoisotopic (exact) mass is 425 g/mol. The molecule has 31 heavy (non-hydrogen) atoms. The van der Waals surface area contributed by atoms with Crippen LogP contribution in [-0.2, 0) is 9.59 Å². The minimum absolute atomic E-state index is 0.0202. The summed E-state index contributed by atoms with van der Waals surface area (Å²) in [6, 6.07) is 0. The van der Waals surface area contributed by atoms with Crippen molar-refractivity contribution < 1.29 is 14.4 Å². The summed E-state index contributed by atoms with van der Waals surface area (Å²) >= 11 is 0. The summed E-state index contributed by atoms with van der Waals surface area (Å²) in [5.41, 5.74) is 0.507. The van der Waals surface area contributed by atoms with Crippen molar-refractivity contribution in [1.82, 2.24) is 25.1 Å². The maximum absolute atomic E-state index is 12.7. The van der Waals surface area contributed by atoms with Gasteiger partial charge in [0.25, 0.3) is 5.91 Å². The molecular weight excluding hydrogens is 394 g/mol. The van der Waals surface area contributed by atoms with Crippen LogP contribution >= 0.6 is 0 Å². The minimum Gasteiger partial charge on any atom is -0.347 e. The number of hydrogen-bond donors (Lipinski definition) is 1. The first-order chi connectivity index (χ1) is 15.0. The highest BCUT2D eigenvalue weighted by Crippen LogP contribution is 2.61. The Labute approximate surface area is 182 Å². The Morgan fingerprint density at radius 2 is 1.55 bits per heavy atom. The largest absolute Gasteiger partial charge is 0.347 e. The molecule has 4 bridgehead atoms. The van der Waals surface area contributed by atoms with E-state index in [-0.39, 0.29) is 29.7 Å². The van der Waals surface area contributed by atoms with Gasteiger partial charge in [0.15, 0.2) is 0 Å². The van der Waals surface area contributed by atoms with E-state index in [0.717, 1.165) is 17.8 Å². The molecule has 4 aliphatic carbocycles. The number of piperazine rings is 1. The number of nitrogens with zero attached hydrogens (tertiary/aromatic N) is 4. The second-order valence-corrected chi connectivity index (χ2v) is 10.1. The van der Waals surface area contributed by atoms with Crippen molar-refractivity contribution in [3.63, 3.8) is 0 Å². The number of rotatable bonds is 5. The number of carbonyl (C=O) groups is 3. The molecule has 0 atom stereocenters. The fourth-order valence-electron chi connectivity index (χ4n) is 6.93. The highest BCUT2D eigenvalue weighted by atomic mass is 16.2. The molecule has 4 saturated carbocycles. The van der Waals surface area contributed by atoms with Crippen molar-refractivity contribution in [2.45, 2.75) is 44.9 Å². The summed E-state index contributed by atoms with van der Waals surface area (Å²) in [6.45, 7) is 1.90. The number of aromatic nitrogens is 2. The normalized spacial score (nSPS) is 31.5. The zero-order valence-electron chi connectivity index (χ0n) is 18.0. The van der Waals surface area contributed by atoms with Gasteiger partial charge >= 0.3 is 0 Å². The molecule has 1 saturated heterocycles. The number of nitrogens with one attached hydrogen (secondary N) is 1. The molecule has 0 aromatic carbocycles. The molecule has 0 spiro atoms. The van der Waals surface area contributed by atoms with E-state index in [1.54, 1.807) is 9.80 Å². The van der Waals surface area contributed by atoms with Crippen LogP contribution in [-0.4, -0.2) is 70.2 Å². The van der Waals surface area contributed by atoms with Gasteiger partial charge in [0.05, 0.1) is 12.7 Å². The van der Waals surface area contributed by atoms with E-state index in [1.165, 1.54) is 57.1 Å². The summed E-state index contributed by atoms with van der Waals surface area (Å²) in [5, 5.41) is 2.89. The Hall–Kier alpha value is -2.51. The third kappa shape index (κ3) is 4.29. The summed E-state index contributed by atoms with van der Waals surface area (Å²) < 4.78 is 0. The molecule has 2 heterocycles. The van der Waals surface area contributed by atoms with Crippen molar-refractivity contribution in [1.29, 1.82) is 0 Å². The molecule has 0 unspecified atom stereocenters. The second kappa shape index (κ2) is 8.20. The van der Waals surface area contributed by atoms with E-state index in [4.69, 9.17) is 0 Å². The first kappa shape index (κ1) is 20.4. The van der Waals surface area contributed by atoms with Crippen LogP contribution in [0.15, 0.2) is 18.6 Å². The molecule has 8 heteroatoms. The lowest BCUT2D eigenvalue weighted by Gasteiger charge is -2.56. The van der Waals surface area contributed by atoms with Gasteiger partial charge in [0, 0.05) is 45.0 Å². The molecule has 0 radical (unpaired) electrons. The fourth-order valence-corrected chi connectivity index (χ4v) is 6.93. The van der Waals surface area contributed by atoms with Crippen LogP contribution in [0.5, 0.6) is 0 Å². The third-order valence-corrected chi connectivity index (χ3v) is 7.84. The zero-order valence-corrected chi connectivity index (χ0v) is 18.0. The average Bonchev–Trinajstić information content (AvgIpc) is 2.76. The number of carbonyl (C=O) groups excluding carboxylic acids is 3. The summed E-state index contributed by atoms with van der Waals surface area (Å²) in [7, 11) is 0. The average molecular weight is 426 g/mol. The van der Waals surface area contributed by atoms with Crippen LogP contribution in [0.1, 0.15) is 55.4 Å². The van der Waals surface area contributed by atoms with E-state index in [2.05, 4.69) is 15.3 Å². The smallest absolute Gasteiger partial charge is 0.274 e. The van der Waals surface area contributed by atoms with Crippen LogP contribution in [0, 0.1) is 23.2 Å². The van der Waals surface area contributed by atoms with Crippen LogP contribution in [0.2, 0.25) is 0 Å². The Balaban J connectivity index is 1.07. The van der Waals surface area contributed by atoms with Crippen LogP contribution in [0.4, 0.5) is 0 Å². The Morgan fingerprint density at radius 3 is 2.13 bits per heavy atom. The molecule has 1 aromatic heterocycles. The van der Waals surface area contributed by atoms with Gasteiger partial charge in [0.1, 0.15) is 5.69 Å². The molecule has 5 fully saturated rings. The molecule has 6 rings (SSSR count). The van der Waals surface area contributed by atoms with E-state index in [9.17, 15) is 14.4 Å². The second-order valence-electron chi connectivity index (χ2n) is 10.1. The van der Waals surface area contributed by atoms with Gasteiger partial charge in [-0.3, -0.25) is 19.4 Å². The first-order valence-electron chi connectivity index (χ1n) is 11.6. The van der Waals surface area contributed by atoms with Crippen molar-refractivity contribution in [2.24, 2.45) is 23.2 Å². The van der Waals surface area contributed by atoms with E-state index >= 15 is 0 Å². The molecule has 3 amide bonds. The van der Waals surface area contributed by atoms with Gasteiger partial charge < -0.3 is 15.1 Å². The highest BCUT2D eigenvalue weighted by Gasteiger charge is 2.51. The molecule has 1 N–H and O–H groups in total. The van der Waals surface area contributed by atoms with Crippen molar-refractivity contribution in [3.8, 4) is 0 Å². The van der Waals surface area contributed by atoms with E-state index < -0.39 is 0 Å². The molecular formula is C23H31N5O3. The quantitative estimate of drug-likeness (QED) is 0.771. The van der Waals surface area contributed by atoms with Gasteiger partial charge in [-0.25, -0.2) is 4.98 Å². The Morgan fingerprint density at radius 1 is 0.935 bits per heavy atom. The Bertz CT molecular complexity index is 815. The first-order valence-corrected chi connectivity index (χ1v) is 11.6. The fraction of sp³-hybridized carbons (Fsp3) is 0.696. The number of amides is 3. The molecule has 1 aromatic rings. The van der Waals surface area contributed by atoms with Crippen molar-refractivity contribution in [3.05, 3.63) is 24.3 Å². The van der Waals surface area contributed by atoms with Gasteiger partial charge in [-0.2, -0.15) is 0 Å².